The van der Waals surface area contributed by atoms with Crippen molar-refractivity contribution < 1.29 is 9.84 Å². The summed E-state index contributed by atoms with van der Waals surface area (Å²) < 4.78 is 7.52. The summed E-state index contributed by atoms with van der Waals surface area (Å²) in [7, 11) is 1.79. The molecule has 3 heterocycles. The van der Waals surface area contributed by atoms with Crippen LogP contribution in [0.25, 0.3) is 10.9 Å². The minimum Gasteiger partial charge on any atom is -0.394 e. The van der Waals surface area contributed by atoms with E-state index in [1.807, 2.05) is 24.3 Å². The van der Waals surface area contributed by atoms with E-state index >= 15 is 0 Å². The molecular formula is C20H27N3O3. The number of nitrogens with zero attached hydrogens (tertiary/aromatic N) is 2. The Morgan fingerprint density at radius 1 is 1.35 bits per heavy atom. The molecule has 2 saturated heterocycles. The van der Waals surface area contributed by atoms with Gasteiger partial charge in [0.15, 0.2) is 0 Å². The van der Waals surface area contributed by atoms with E-state index in [1.54, 1.807) is 17.7 Å². The van der Waals surface area contributed by atoms with Crippen molar-refractivity contribution in [2.45, 2.75) is 30.8 Å². The van der Waals surface area contributed by atoms with E-state index in [4.69, 9.17) is 4.74 Å². The van der Waals surface area contributed by atoms with E-state index in [1.165, 1.54) is 6.42 Å². The summed E-state index contributed by atoms with van der Waals surface area (Å²) in [6, 6.07) is 9.91. The molecule has 1 aromatic carbocycles. The zero-order chi connectivity index (χ0) is 18.1. The molecule has 2 aliphatic rings. The first kappa shape index (κ1) is 17.5. The number of aryl methyl sites for hydroxylation is 1. The van der Waals surface area contributed by atoms with E-state index in [-0.39, 0.29) is 12.2 Å². The van der Waals surface area contributed by atoms with Gasteiger partial charge >= 0.3 is 0 Å². The minimum atomic E-state index is -0.439. The molecule has 26 heavy (non-hydrogen) atoms. The Morgan fingerprint density at radius 2 is 2.19 bits per heavy atom. The average Bonchev–Trinajstić information content (AvgIpc) is 2.69. The van der Waals surface area contributed by atoms with Gasteiger partial charge in [0.25, 0.3) is 5.56 Å². The fourth-order valence-electron chi connectivity index (χ4n) is 4.43. The molecule has 4 rings (SSSR count). The molecule has 0 bridgehead atoms. The fourth-order valence-corrected chi connectivity index (χ4v) is 4.43. The molecule has 0 saturated carbocycles. The lowest BCUT2D eigenvalue weighted by Gasteiger charge is -2.52. The SMILES string of the molecule is Cn1c(=O)cc(NCC2(CO)COCC3CCCCN32)c2ccccc21. The number of anilines is 1. The van der Waals surface area contributed by atoms with Crippen molar-refractivity contribution in [3.05, 3.63) is 40.7 Å². The summed E-state index contributed by atoms with van der Waals surface area (Å²) in [6.45, 7) is 2.84. The standard InChI is InChI=1S/C20H27N3O3/c1-22-18-8-3-2-7-16(18)17(10-19(22)25)21-12-20(13-24)14-26-11-15-6-4-5-9-23(15)20/h2-3,7-8,10,15,21,24H,4-6,9,11-14H2,1H3. The summed E-state index contributed by atoms with van der Waals surface area (Å²) >= 11 is 0. The van der Waals surface area contributed by atoms with Gasteiger partial charge in [-0.1, -0.05) is 24.6 Å². The van der Waals surface area contributed by atoms with Crippen LogP contribution in [0.4, 0.5) is 5.69 Å². The van der Waals surface area contributed by atoms with Crippen LogP contribution in [0.15, 0.2) is 35.1 Å². The quantitative estimate of drug-likeness (QED) is 0.869. The van der Waals surface area contributed by atoms with Crippen LogP contribution in [0, 0.1) is 0 Å². The number of aliphatic hydroxyl groups excluding tert-OH is 1. The first-order valence-electron chi connectivity index (χ1n) is 9.43. The second-order valence-corrected chi connectivity index (χ2v) is 7.57. The molecule has 0 aliphatic carbocycles. The first-order chi connectivity index (χ1) is 12.6. The molecule has 2 fully saturated rings. The van der Waals surface area contributed by atoms with Gasteiger partial charge in [0, 0.05) is 36.8 Å². The Labute approximate surface area is 153 Å². The number of fused-ring (bicyclic) bond motifs is 2. The largest absolute Gasteiger partial charge is 0.394 e. The molecule has 2 unspecified atom stereocenters. The van der Waals surface area contributed by atoms with Crippen LogP contribution in [-0.4, -0.2) is 59.1 Å². The van der Waals surface area contributed by atoms with E-state index in [9.17, 15) is 9.90 Å². The Balaban J connectivity index is 1.64. The maximum Gasteiger partial charge on any atom is 0.252 e. The first-order valence-corrected chi connectivity index (χ1v) is 9.43. The van der Waals surface area contributed by atoms with E-state index < -0.39 is 5.54 Å². The predicted octanol–water partition coefficient (Wildman–Crippen LogP) is 1.57. The number of pyridine rings is 1. The van der Waals surface area contributed by atoms with E-state index in [0.29, 0.717) is 19.2 Å². The summed E-state index contributed by atoms with van der Waals surface area (Å²) in [5.74, 6) is 0. The van der Waals surface area contributed by atoms with Crippen molar-refractivity contribution in [1.29, 1.82) is 0 Å². The summed E-state index contributed by atoms with van der Waals surface area (Å²) in [5, 5.41) is 14.7. The molecule has 6 heteroatoms. The fraction of sp³-hybridized carbons (Fsp3) is 0.550. The highest BCUT2D eigenvalue weighted by atomic mass is 16.5. The molecule has 2 aliphatic heterocycles. The molecule has 2 atom stereocenters. The van der Waals surface area contributed by atoms with Crippen molar-refractivity contribution in [3.63, 3.8) is 0 Å². The lowest BCUT2D eigenvalue weighted by molar-refractivity contribution is -0.129. The molecule has 0 spiro atoms. The van der Waals surface area contributed by atoms with Gasteiger partial charge in [0.1, 0.15) is 0 Å². The number of piperidine rings is 1. The average molecular weight is 357 g/mol. The number of hydrogen-bond acceptors (Lipinski definition) is 5. The number of benzene rings is 1. The molecular weight excluding hydrogens is 330 g/mol. The number of hydrogen-bond donors (Lipinski definition) is 2. The van der Waals surface area contributed by atoms with Crippen LogP contribution in [0.3, 0.4) is 0 Å². The van der Waals surface area contributed by atoms with Gasteiger partial charge < -0.3 is 19.7 Å². The number of aliphatic hydroxyl groups is 1. The number of rotatable bonds is 4. The smallest absolute Gasteiger partial charge is 0.252 e. The van der Waals surface area contributed by atoms with Crippen LogP contribution in [0.1, 0.15) is 19.3 Å². The van der Waals surface area contributed by atoms with Crippen molar-refractivity contribution in [2.24, 2.45) is 7.05 Å². The van der Waals surface area contributed by atoms with Crippen LogP contribution in [-0.2, 0) is 11.8 Å². The highest BCUT2D eigenvalue weighted by Gasteiger charge is 2.44. The third kappa shape index (κ3) is 2.92. The third-order valence-electron chi connectivity index (χ3n) is 5.97. The Morgan fingerprint density at radius 3 is 3.04 bits per heavy atom. The predicted molar refractivity (Wildman–Crippen MR) is 103 cm³/mol. The molecule has 1 aromatic heterocycles. The van der Waals surface area contributed by atoms with Gasteiger partial charge in [-0.25, -0.2) is 0 Å². The van der Waals surface area contributed by atoms with Gasteiger partial charge in [0.2, 0.25) is 0 Å². The molecule has 0 radical (unpaired) electrons. The van der Waals surface area contributed by atoms with Gasteiger partial charge in [-0.2, -0.15) is 0 Å². The van der Waals surface area contributed by atoms with Crippen molar-refractivity contribution in [2.75, 3.05) is 38.2 Å². The third-order valence-corrected chi connectivity index (χ3v) is 5.97. The van der Waals surface area contributed by atoms with Crippen LogP contribution in [0.2, 0.25) is 0 Å². The summed E-state index contributed by atoms with van der Waals surface area (Å²) in [5.41, 5.74) is 1.23. The minimum absolute atomic E-state index is 0.0409. The second-order valence-electron chi connectivity index (χ2n) is 7.57. The molecule has 2 N–H and O–H groups in total. The van der Waals surface area contributed by atoms with Crippen LogP contribution in [0.5, 0.6) is 0 Å². The van der Waals surface area contributed by atoms with E-state index in [0.717, 1.165) is 42.6 Å². The van der Waals surface area contributed by atoms with Crippen LogP contribution >= 0.6 is 0 Å². The molecule has 2 aromatic rings. The Hall–Kier alpha value is -1.89. The lowest BCUT2D eigenvalue weighted by Crippen LogP contribution is -2.67. The Bertz CT molecular complexity index is 848. The number of nitrogens with one attached hydrogen (secondary N) is 1. The van der Waals surface area contributed by atoms with Gasteiger partial charge in [-0.15, -0.1) is 0 Å². The number of aromatic nitrogens is 1. The summed E-state index contributed by atoms with van der Waals surface area (Å²) in [6.07, 6.45) is 3.50. The van der Waals surface area contributed by atoms with Crippen molar-refractivity contribution >= 4 is 16.6 Å². The zero-order valence-corrected chi connectivity index (χ0v) is 15.3. The molecule has 0 amide bonds. The molecule has 140 valence electrons. The van der Waals surface area contributed by atoms with Crippen LogP contribution < -0.4 is 10.9 Å². The number of para-hydroxylation sites is 1. The van der Waals surface area contributed by atoms with Crippen molar-refractivity contribution in [3.8, 4) is 0 Å². The number of ether oxygens (including phenoxy) is 1. The topological polar surface area (TPSA) is 66.7 Å². The molecule has 6 nitrogen and oxygen atoms in total. The van der Waals surface area contributed by atoms with E-state index in [2.05, 4.69) is 10.2 Å². The normalized spacial score (nSPS) is 26.6. The maximum atomic E-state index is 12.3. The monoisotopic (exact) mass is 357 g/mol. The van der Waals surface area contributed by atoms with Crippen molar-refractivity contribution in [1.82, 2.24) is 9.47 Å². The summed E-state index contributed by atoms with van der Waals surface area (Å²) in [4.78, 5) is 14.7. The number of morpholine rings is 1. The maximum absolute atomic E-state index is 12.3. The second kappa shape index (κ2) is 7.02. The highest BCUT2D eigenvalue weighted by Crippen LogP contribution is 2.31. The van der Waals surface area contributed by atoms with Gasteiger partial charge in [-0.3, -0.25) is 9.69 Å². The lowest BCUT2D eigenvalue weighted by atomic mass is 9.89. The highest BCUT2D eigenvalue weighted by molar-refractivity contribution is 5.91. The Kier molecular flexibility index (Phi) is 4.73. The van der Waals surface area contributed by atoms with Gasteiger partial charge in [0.05, 0.1) is 30.9 Å². The van der Waals surface area contributed by atoms with Gasteiger partial charge in [-0.05, 0) is 25.5 Å². The zero-order valence-electron chi connectivity index (χ0n) is 15.3.